The number of aliphatic hydroxyl groups excluding tert-OH is 1. The number of hydrogen-bond donors (Lipinski definition) is 3. The van der Waals surface area contributed by atoms with Crippen LogP contribution in [0.1, 0.15) is 17.2 Å². The van der Waals surface area contributed by atoms with Crippen LogP contribution in [-0.2, 0) is 6.42 Å². The molecule has 2 amide bonds. The number of urea groups is 1. The molecule has 0 aliphatic carbocycles. The Kier molecular flexibility index (Phi) is 6.28. The molecule has 0 radical (unpaired) electrons. The Labute approximate surface area is 159 Å². The fraction of sp³-hybridized carbons (Fsp3) is 0.227. The molecule has 0 aliphatic heterocycles. The number of methoxy groups -OCH3 is 1. The van der Waals surface area contributed by atoms with E-state index in [9.17, 15) is 9.90 Å². The molecule has 27 heavy (non-hydrogen) atoms. The predicted octanol–water partition coefficient (Wildman–Crippen LogP) is 3.42. The van der Waals surface area contributed by atoms with E-state index in [-0.39, 0.29) is 12.6 Å². The molecule has 0 saturated heterocycles. The Morgan fingerprint density at radius 2 is 1.74 bits per heavy atom. The maximum Gasteiger partial charge on any atom is 0.314 e. The summed E-state index contributed by atoms with van der Waals surface area (Å²) in [5, 5.41) is 18.1. The SMILES string of the molecule is COc1ccc(CCNC(=O)NCC(O)c2cccc3ccccc23)cc1. The number of carbonyl (C=O) groups is 1. The van der Waals surface area contributed by atoms with Crippen LogP contribution in [0.15, 0.2) is 66.7 Å². The smallest absolute Gasteiger partial charge is 0.314 e. The quantitative estimate of drug-likeness (QED) is 0.602. The van der Waals surface area contributed by atoms with Crippen LogP contribution in [0.3, 0.4) is 0 Å². The van der Waals surface area contributed by atoms with Crippen LogP contribution >= 0.6 is 0 Å². The van der Waals surface area contributed by atoms with Gasteiger partial charge in [0, 0.05) is 13.1 Å². The minimum atomic E-state index is -0.761. The molecule has 0 fully saturated rings. The summed E-state index contributed by atoms with van der Waals surface area (Å²) in [6.07, 6.45) is -0.0352. The summed E-state index contributed by atoms with van der Waals surface area (Å²) in [5.41, 5.74) is 1.93. The minimum absolute atomic E-state index is 0.155. The van der Waals surface area contributed by atoms with Crippen molar-refractivity contribution in [1.29, 1.82) is 0 Å². The molecule has 5 heteroatoms. The van der Waals surface area contributed by atoms with Crippen LogP contribution in [0.5, 0.6) is 5.75 Å². The molecule has 0 saturated carbocycles. The summed E-state index contributed by atoms with van der Waals surface area (Å²) in [5.74, 6) is 0.812. The standard InChI is InChI=1S/C22H24N2O3/c1-27-18-11-9-16(10-12-18)13-14-23-22(26)24-15-21(25)20-8-4-6-17-5-2-3-7-19(17)20/h2-12,21,25H,13-15H2,1H3,(H2,23,24,26). The van der Waals surface area contributed by atoms with Gasteiger partial charge in [-0.2, -0.15) is 0 Å². The van der Waals surface area contributed by atoms with Gasteiger partial charge in [-0.05, 0) is 40.5 Å². The highest BCUT2D eigenvalue weighted by atomic mass is 16.5. The summed E-state index contributed by atoms with van der Waals surface area (Å²) in [6.45, 7) is 0.672. The summed E-state index contributed by atoms with van der Waals surface area (Å²) >= 11 is 0. The first kappa shape index (κ1) is 18.7. The zero-order chi connectivity index (χ0) is 19.1. The van der Waals surface area contributed by atoms with E-state index in [1.165, 1.54) is 0 Å². The number of benzene rings is 3. The van der Waals surface area contributed by atoms with Crippen molar-refractivity contribution < 1.29 is 14.6 Å². The Morgan fingerprint density at radius 1 is 1.00 bits per heavy atom. The van der Waals surface area contributed by atoms with Gasteiger partial charge in [0.1, 0.15) is 5.75 Å². The predicted molar refractivity (Wildman–Crippen MR) is 107 cm³/mol. The lowest BCUT2D eigenvalue weighted by Gasteiger charge is -2.15. The van der Waals surface area contributed by atoms with Crippen LogP contribution < -0.4 is 15.4 Å². The lowest BCUT2D eigenvalue weighted by atomic mass is 10.0. The monoisotopic (exact) mass is 364 g/mol. The molecule has 0 heterocycles. The number of amides is 2. The highest BCUT2D eigenvalue weighted by Crippen LogP contribution is 2.23. The van der Waals surface area contributed by atoms with Gasteiger partial charge in [0.25, 0.3) is 0 Å². The average Bonchev–Trinajstić information content (AvgIpc) is 2.72. The fourth-order valence-electron chi connectivity index (χ4n) is 3.02. The zero-order valence-electron chi connectivity index (χ0n) is 15.3. The maximum absolute atomic E-state index is 12.0. The second-order valence-electron chi connectivity index (χ2n) is 6.32. The molecule has 1 atom stereocenters. The normalized spacial score (nSPS) is 11.8. The van der Waals surface area contributed by atoms with Crippen molar-refractivity contribution in [2.45, 2.75) is 12.5 Å². The number of carbonyl (C=O) groups excluding carboxylic acids is 1. The molecule has 140 valence electrons. The highest BCUT2D eigenvalue weighted by Gasteiger charge is 2.12. The van der Waals surface area contributed by atoms with Gasteiger partial charge in [0.15, 0.2) is 0 Å². The largest absolute Gasteiger partial charge is 0.497 e. The van der Waals surface area contributed by atoms with Crippen molar-refractivity contribution in [2.24, 2.45) is 0 Å². The lowest BCUT2D eigenvalue weighted by Crippen LogP contribution is -2.38. The molecule has 0 aromatic heterocycles. The molecular weight excluding hydrogens is 340 g/mol. The van der Waals surface area contributed by atoms with Crippen molar-refractivity contribution >= 4 is 16.8 Å². The third-order valence-electron chi connectivity index (χ3n) is 4.50. The van der Waals surface area contributed by atoms with Crippen molar-refractivity contribution in [3.63, 3.8) is 0 Å². The van der Waals surface area contributed by atoms with Crippen molar-refractivity contribution in [3.05, 3.63) is 77.9 Å². The summed E-state index contributed by atoms with van der Waals surface area (Å²) in [4.78, 5) is 12.0. The zero-order valence-corrected chi connectivity index (χ0v) is 15.3. The number of fused-ring (bicyclic) bond motifs is 1. The van der Waals surface area contributed by atoms with E-state index in [0.29, 0.717) is 6.54 Å². The van der Waals surface area contributed by atoms with E-state index in [1.54, 1.807) is 7.11 Å². The Hall–Kier alpha value is -3.05. The average molecular weight is 364 g/mol. The summed E-state index contributed by atoms with van der Waals surface area (Å²) < 4.78 is 5.13. The molecular formula is C22H24N2O3. The van der Waals surface area contributed by atoms with E-state index < -0.39 is 6.10 Å². The molecule has 3 N–H and O–H groups in total. The molecule has 5 nitrogen and oxygen atoms in total. The molecule has 0 bridgehead atoms. The minimum Gasteiger partial charge on any atom is -0.497 e. The van der Waals surface area contributed by atoms with Gasteiger partial charge in [-0.1, -0.05) is 54.6 Å². The first-order valence-corrected chi connectivity index (χ1v) is 8.98. The van der Waals surface area contributed by atoms with Crippen LogP contribution in [-0.4, -0.2) is 31.3 Å². The Morgan fingerprint density at radius 3 is 2.52 bits per heavy atom. The van der Waals surface area contributed by atoms with Crippen molar-refractivity contribution in [1.82, 2.24) is 10.6 Å². The van der Waals surface area contributed by atoms with E-state index in [2.05, 4.69) is 10.6 Å². The first-order valence-electron chi connectivity index (χ1n) is 8.98. The number of nitrogens with one attached hydrogen (secondary N) is 2. The number of ether oxygens (including phenoxy) is 1. The highest BCUT2D eigenvalue weighted by molar-refractivity contribution is 5.86. The van der Waals surface area contributed by atoms with Gasteiger partial charge in [0.05, 0.1) is 13.2 Å². The molecule has 3 aromatic carbocycles. The lowest BCUT2D eigenvalue weighted by molar-refractivity contribution is 0.174. The van der Waals surface area contributed by atoms with Crippen LogP contribution in [0.25, 0.3) is 10.8 Å². The first-order chi connectivity index (χ1) is 13.2. The van der Waals surface area contributed by atoms with E-state index in [1.807, 2.05) is 66.7 Å². The molecule has 3 rings (SSSR count). The topological polar surface area (TPSA) is 70.6 Å². The Balaban J connectivity index is 1.46. The second-order valence-corrected chi connectivity index (χ2v) is 6.32. The van der Waals surface area contributed by atoms with Gasteiger partial charge in [-0.15, -0.1) is 0 Å². The molecule has 0 spiro atoms. The number of hydrogen-bond acceptors (Lipinski definition) is 3. The van der Waals surface area contributed by atoms with Gasteiger partial charge < -0.3 is 20.5 Å². The number of rotatable bonds is 7. The van der Waals surface area contributed by atoms with Gasteiger partial charge >= 0.3 is 6.03 Å². The maximum atomic E-state index is 12.0. The fourth-order valence-corrected chi connectivity index (χ4v) is 3.02. The van der Waals surface area contributed by atoms with E-state index in [4.69, 9.17) is 4.74 Å². The summed E-state index contributed by atoms with van der Waals surface area (Å²) in [6, 6.07) is 21.1. The Bertz CT molecular complexity index is 888. The molecule has 3 aromatic rings. The number of aliphatic hydroxyl groups is 1. The third kappa shape index (κ3) is 4.99. The molecule has 0 aliphatic rings. The van der Waals surface area contributed by atoms with Gasteiger partial charge in [-0.25, -0.2) is 4.79 Å². The van der Waals surface area contributed by atoms with E-state index in [0.717, 1.165) is 34.1 Å². The van der Waals surface area contributed by atoms with E-state index >= 15 is 0 Å². The van der Waals surface area contributed by atoms with Crippen molar-refractivity contribution in [3.8, 4) is 5.75 Å². The van der Waals surface area contributed by atoms with Crippen LogP contribution in [0.2, 0.25) is 0 Å². The third-order valence-corrected chi connectivity index (χ3v) is 4.50. The summed E-state index contributed by atoms with van der Waals surface area (Å²) in [7, 11) is 1.63. The van der Waals surface area contributed by atoms with Crippen molar-refractivity contribution in [2.75, 3.05) is 20.2 Å². The van der Waals surface area contributed by atoms with Gasteiger partial charge in [0.2, 0.25) is 0 Å². The molecule has 1 unspecified atom stereocenters. The van der Waals surface area contributed by atoms with Crippen LogP contribution in [0.4, 0.5) is 4.79 Å². The second kappa shape index (κ2) is 9.05. The van der Waals surface area contributed by atoms with Gasteiger partial charge in [-0.3, -0.25) is 0 Å². The van der Waals surface area contributed by atoms with Crippen LogP contribution in [0, 0.1) is 0 Å².